The highest BCUT2D eigenvalue weighted by molar-refractivity contribution is 5.90. The van der Waals surface area contributed by atoms with Crippen molar-refractivity contribution >= 4 is 5.97 Å². The predicted molar refractivity (Wildman–Crippen MR) is 71.9 cm³/mol. The summed E-state index contributed by atoms with van der Waals surface area (Å²) >= 11 is 0. The first-order valence-electron chi connectivity index (χ1n) is 6.88. The number of carbonyl (C=O) groups excluding carboxylic acids is 1. The van der Waals surface area contributed by atoms with Crippen molar-refractivity contribution in [2.24, 2.45) is 5.41 Å². The van der Waals surface area contributed by atoms with Crippen LogP contribution in [0.3, 0.4) is 0 Å². The van der Waals surface area contributed by atoms with E-state index in [1.54, 1.807) is 0 Å². The average Bonchev–Trinajstić information content (AvgIpc) is 2.65. The minimum atomic E-state index is -0.207. The Morgan fingerprint density at radius 1 is 1.39 bits per heavy atom. The molecule has 1 aliphatic rings. The zero-order chi connectivity index (χ0) is 13.3. The van der Waals surface area contributed by atoms with E-state index in [0.717, 1.165) is 19.3 Å². The van der Waals surface area contributed by atoms with Gasteiger partial charge < -0.3 is 9.72 Å². The van der Waals surface area contributed by atoms with Gasteiger partial charge in [-0.1, -0.05) is 20.8 Å². The molecule has 1 aromatic rings. The third-order valence-electron chi connectivity index (χ3n) is 3.85. The maximum absolute atomic E-state index is 12.0. The summed E-state index contributed by atoms with van der Waals surface area (Å²) in [4.78, 5) is 15.3. The number of rotatable bonds is 3. The molecule has 0 radical (unpaired) electrons. The van der Waals surface area contributed by atoms with E-state index in [1.165, 1.54) is 23.2 Å². The molecule has 1 N–H and O–H groups in total. The van der Waals surface area contributed by atoms with Gasteiger partial charge in [0.05, 0.1) is 6.61 Å². The standard InChI is InChI=1S/C15H23NO2/c1-5-10-11-7-8-15(3,4)9-12(11)16-13(10)14(17)18-6-2/h16H,5-9H2,1-4H3. The van der Waals surface area contributed by atoms with Crippen LogP contribution >= 0.6 is 0 Å². The molecule has 1 aliphatic carbocycles. The quantitative estimate of drug-likeness (QED) is 0.835. The van der Waals surface area contributed by atoms with E-state index >= 15 is 0 Å². The molecular weight excluding hydrogens is 226 g/mol. The predicted octanol–water partition coefficient (Wildman–Crippen LogP) is 3.27. The highest BCUT2D eigenvalue weighted by Crippen LogP contribution is 2.37. The van der Waals surface area contributed by atoms with Crippen molar-refractivity contribution in [3.8, 4) is 0 Å². The Bertz CT molecular complexity index is 457. The smallest absolute Gasteiger partial charge is 0.355 e. The number of fused-ring (bicyclic) bond motifs is 1. The van der Waals surface area contributed by atoms with E-state index in [9.17, 15) is 4.79 Å². The van der Waals surface area contributed by atoms with E-state index in [4.69, 9.17) is 4.74 Å². The molecule has 0 unspecified atom stereocenters. The fraction of sp³-hybridized carbons (Fsp3) is 0.667. The molecule has 3 heteroatoms. The Morgan fingerprint density at radius 2 is 2.11 bits per heavy atom. The van der Waals surface area contributed by atoms with Gasteiger partial charge in [-0.25, -0.2) is 4.79 Å². The average molecular weight is 249 g/mol. The first-order chi connectivity index (χ1) is 8.48. The second-order valence-electron chi connectivity index (χ2n) is 5.85. The molecule has 18 heavy (non-hydrogen) atoms. The maximum atomic E-state index is 12.0. The van der Waals surface area contributed by atoms with Gasteiger partial charge in [0.1, 0.15) is 5.69 Å². The Kier molecular flexibility index (Phi) is 3.51. The molecule has 1 heterocycles. The number of aromatic nitrogens is 1. The maximum Gasteiger partial charge on any atom is 0.355 e. The van der Waals surface area contributed by atoms with Crippen molar-refractivity contribution in [3.05, 3.63) is 22.5 Å². The van der Waals surface area contributed by atoms with Gasteiger partial charge in [0.15, 0.2) is 0 Å². The molecule has 100 valence electrons. The summed E-state index contributed by atoms with van der Waals surface area (Å²) in [5.74, 6) is -0.207. The minimum Gasteiger partial charge on any atom is -0.461 e. The van der Waals surface area contributed by atoms with Crippen LogP contribution in [0.2, 0.25) is 0 Å². The lowest BCUT2D eigenvalue weighted by Crippen LogP contribution is -2.22. The second kappa shape index (κ2) is 4.79. The van der Waals surface area contributed by atoms with Crippen molar-refractivity contribution in [1.29, 1.82) is 0 Å². The van der Waals surface area contributed by atoms with Crippen LogP contribution in [-0.4, -0.2) is 17.6 Å². The summed E-state index contributed by atoms with van der Waals surface area (Å²) in [6.07, 6.45) is 4.17. The highest BCUT2D eigenvalue weighted by Gasteiger charge is 2.30. The summed E-state index contributed by atoms with van der Waals surface area (Å²) in [7, 11) is 0. The Balaban J connectivity index is 2.39. The number of aromatic amines is 1. The Morgan fingerprint density at radius 3 is 2.72 bits per heavy atom. The number of carbonyl (C=O) groups is 1. The van der Waals surface area contributed by atoms with Gasteiger partial charge in [-0.3, -0.25) is 0 Å². The van der Waals surface area contributed by atoms with E-state index in [1.807, 2.05) is 6.92 Å². The van der Waals surface area contributed by atoms with E-state index in [0.29, 0.717) is 17.7 Å². The van der Waals surface area contributed by atoms with Crippen molar-refractivity contribution < 1.29 is 9.53 Å². The Labute approximate surface area is 109 Å². The molecular formula is C15H23NO2. The van der Waals surface area contributed by atoms with Crippen LogP contribution in [0.5, 0.6) is 0 Å². The summed E-state index contributed by atoms with van der Waals surface area (Å²) in [6.45, 7) is 8.94. The van der Waals surface area contributed by atoms with Crippen LogP contribution in [0.4, 0.5) is 0 Å². The third kappa shape index (κ3) is 2.31. The molecule has 0 aliphatic heterocycles. The normalized spacial score (nSPS) is 17.3. The molecule has 0 aromatic carbocycles. The zero-order valence-corrected chi connectivity index (χ0v) is 11.9. The molecule has 0 fully saturated rings. The number of hydrogen-bond acceptors (Lipinski definition) is 2. The highest BCUT2D eigenvalue weighted by atomic mass is 16.5. The van der Waals surface area contributed by atoms with Crippen LogP contribution in [0.15, 0.2) is 0 Å². The zero-order valence-electron chi connectivity index (χ0n) is 11.9. The van der Waals surface area contributed by atoms with E-state index < -0.39 is 0 Å². The summed E-state index contributed by atoms with van der Waals surface area (Å²) in [5.41, 5.74) is 4.78. The molecule has 0 saturated heterocycles. The third-order valence-corrected chi connectivity index (χ3v) is 3.85. The summed E-state index contributed by atoms with van der Waals surface area (Å²) in [5, 5.41) is 0. The van der Waals surface area contributed by atoms with Crippen molar-refractivity contribution in [3.63, 3.8) is 0 Å². The van der Waals surface area contributed by atoms with Gasteiger partial charge in [-0.2, -0.15) is 0 Å². The number of H-pyrrole nitrogens is 1. The number of nitrogens with one attached hydrogen (secondary N) is 1. The molecule has 0 spiro atoms. The van der Waals surface area contributed by atoms with Crippen LogP contribution in [0.25, 0.3) is 0 Å². The van der Waals surface area contributed by atoms with Gasteiger partial charge in [-0.15, -0.1) is 0 Å². The lowest BCUT2D eigenvalue weighted by molar-refractivity contribution is 0.0518. The second-order valence-corrected chi connectivity index (χ2v) is 5.85. The van der Waals surface area contributed by atoms with Crippen molar-refractivity contribution in [2.75, 3.05) is 6.61 Å². The molecule has 0 bridgehead atoms. The number of ether oxygens (including phenoxy) is 1. The van der Waals surface area contributed by atoms with E-state index in [-0.39, 0.29) is 5.97 Å². The number of hydrogen-bond donors (Lipinski definition) is 1. The van der Waals surface area contributed by atoms with Crippen LogP contribution in [-0.2, 0) is 24.0 Å². The molecule has 1 aromatic heterocycles. The fourth-order valence-electron chi connectivity index (χ4n) is 2.89. The van der Waals surface area contributed by atoms with E-state index in [2.05, 4.69) is 25.8 Å². The fourth-order valence-corrected chi connectivity index (χ4v) is 2.89. The van der Waals surface area contributed by atoms with Gasteiger partial charge in [0.25, 0.3) is 0 Å². The van der Waals surface area contributed by atoms with Crippen LogP contribution < -0.4 is 0 Å². The first kappa shape index (κ1) is 13.2. The van der Waals surface area contributed by atoms with Gasteiger partial charge in [0.2, 0.25) is 0 Å². The SMILES string of the molecule is CCOC(=O)c1[nH]c2c(c1CC)CCC(C)(C)C2. The summed E-state index contributed by atoms with van der Waals surface area (Å²) in [6, 6.07) is 0. The lowest BCUT2D eigenvalue weighted by atomic mass is 9.76. The van der Waals surface area contributed by atoms with Gasteiger partial charge in [-0.05, 0) is 49.1 Å². The largest absolute Gasteiger partial charge is 0.461 e. The Hall–Kier alpha value is -1.25. The van der Waals surface area contributed by atoms with Crippen LogP contribution in [0, 0.1) is 5.41 Å². The monoisotopic (exact) mass is 249 g/mol. The molecule has 0 saturated carbocycles. The van der Waals surface area contributed by atoms with Crippen molar-refractivity contribution in [1.82, 2.24) is 4.98 Å². The molecule has 0 atom stereocenters. The van der Waals surface area contributed by atoms with Crippen molar-refractivity contribution in [2.45, 2.75) is 53.4 Å². The topological polar surface area (TPSA) is 42.1 Å². The van der Waals surface area contributed by atoms with Crippen LogP contribution in [0.1, 0.15) is 61.4 Å². The molecule has 2 rings (SSSR count). The summed E-state index contributed by atoms with van der Waals surface area (Å²) < 4.78 is 5.13. The minimum absolute atomic E-state index is 0.207. The molecule has 0 amide bonds. The first-order valence-corrected chi connectivity index (χ1v) is 6.88. The van der Waals surface area contributed by atoms with Gasteiger partial charge in [0, 0.05) is 5.69 Å². The lowest BCUT2D eigenvalue weighted by Gasteiger charge is -2.29. The van der Waals surface area contributed by atoms with Gasteiger partial charge >= 0.3 is 5.97 Å². The molecule has 3 nitrogen and oxygen atoms in total. The number of esters is 1.